The molecule has 0 aliphatic carbocycles. The number of ether oxygens (including phenoxy) is 1. The SMILES string of the molecule is CCN(C=O)CC.CN(C)C=O.COCC(=O)N(C)C. The number of nitrogens with zero attached hydrogens (tertiary/aromatic N) is 3. The van der Waals surface area contributed by atoms with Crippen molar-refractivity contribution in [1.29, 1.82) is 0 Å². The fraction of sp³-hybridized carbons (Fsp3) is 0.769. The first-order chi connectivity index (χ1) is 9.30. The van der Waals surface area contributed by atoms with E-state index >= 15 is 0 Å². The van der Waals surface area contributed by atoms with Gasteiger partial charge in [0, 0.05) is 48.4 Å². The second-order valence-electron chi connectivity index (χ2n) is 4.12. The van der Waals surface area contributed by atoms with E-state index in [0.29, 0.717) is 0 Å². The molecule has 0 radical (unpaired) electrons. The molecule has 0 aromatic rings. The van der Waals surface area contributed by atoms with Crippen LogP contribution in [-0.4, -0.2) is 88.4 Å². The summed E-state index contributed by atoms with van der Waals surface area (Å²) in [6.07, 6.45) is 1.61. The highest BCUT2D eigenvalue weighted by Crippen LogP contribution is 1.77. The van der Waals surface area contributed by atoms with Crippen LogP contribution in [0.2, 0.25) is 0 Å². The average molecular weight is 291 g/mol. The van der Waals surface area contributed by atoms with Crippen LogP contribution in [-0.2, 0) is 19.1 Å². The molecular formula is C13H29N3O4. The van der Waals surface area contributed by atoms with Gasteiger partial charge in [0.1, 0.15) is 6.61 Å². The molecule has 0 aliphatic heterocycles. The third kappa shape index (κ3) is 21.6. The van der Waals surface area contributed by atoms with Crippen molar-refractivity contribution in [2.24, 2.45) is 0 Å². The lowest BCUT2D eigenvalue weighted by molar-refractivity contribution is -0.132. The standard InChI is InChI=1S/C5H11NO2.C5H11NO.C3H7NO/c1-6(2)5(7)4-8-3;1-3-6(4-2)5-7;1-4(2)3-5/h4H2,1-3H3;5H,3-4H2,1-2H3;3H,1-2H3. The Morgan fingerprint density at radius 2 is 1.40 bits per heavy atom. The van der Waals surface area contributed by atoms with E-state index in [0.717, 1.165) is 25.9 Å². The number of amides is 3. The molecule has 0 aromatic heterocycles. The minimum absolute atomic E-state index is 0.00694. The monoisotopic (exact) mass is 291 g/mol. The number of carbonyl (C=O) groups is 3. The van der Waals surface area contributed by atoms with Gasteiger partial charge >= 0.3 is 0 Å². The highest BCUT2D eigenvalue weighted by atomic mass is 16.5. The predicted molar refractivity (Wildman–Crippen MR) is 79.3 cm³/mol. The number of carbonyl (C=O) groups excluding carboxylic acids is 3. The Kier molecular flexibility index (Phi) is 20.4. The van der Waals surface area contributed by atoms with E-state index < -0.39 is 0 Å². The Morgan fingerprint density at radius 3 is 1.45 bits per heavy atom. The van der Waals surface area contributed by atoms with E-state index in [-0.39, 0.29) is 12.5 Å². The zero-order chi connectivity index (χ0) is 16.6. The Morgan fingerprint density at radius 1 is 1.00 bits per heavy atom. The molecule has 0 heterocycles. The van der Waals surface area contributed by atoms with E-state index in [2.05, 4.69) is 4.74 Å². The molecule has 7 heteroatoms. The molecule has 0 spiro atoms. The summed E-state index contributed by atoms with van der Waals surface area (Å²) in [5, 5.41) is 0. The predicted octanol–water partition coefficient (Wildman–Crippen LogP) is -0.0900. The molecular weight excluding hydrogens is 262 g/mol. The van der Waals surface area contributed by atoms with Gasteiger partial charge in [-0.3, -0.25) is 14.4 Å². The summed E-state index contributed by atoms with van der Waals surface area (Å²) in [5.41, 5.74) is 0. The van der Waals surface area contributed by atoms with Crippen LogP contribution in [0, 0.1) is 0 Å². The molecule has 0 fully saturated rings. The van der Waals surface area contributed by atoms with Crippen molar-refractivity contribution >= 4 is 18.7 Å². The van der Waals surface area contributed by atoms with E-state index in [9.17, 15) is 14.4 Å². The molecule has 0 bridgehead atoms. The second-order valence-corrected chi connectivity index (χ2v) is 4.12. The molecule has 0 rings (SSSR count). The van der Waals surface area contributed by atoms with Crippen molar-refractivity contribution in [3.63, 3.8) is 0 Å². The van der Waals surface area contributed by atoms with Crippen LogP contribution in [0.25, 0.3) is 0 Å². The Bertz CT molecular complexity index is 242. The van der Waals surface area contributed by atoms with Crippen LogP contribution < -0.4 is 0 Å². The lowest BCUT2D eigenvalue weighted by Crippen LogP contribution is -2.25. The Hall–Kier alpha value is -1.63. The summed E-state index contributed by atoms with van der Waals surface area (Å²) >= 11 is 0. The minimum atomic E-state index is -0.00694. The van der Waals surface area contributed by atoms with Crippen molar-refractivity contribution < 1.29 is 19.1 Å². The van der Waals surface area contributed by atoms with Crippen LogP contribution in [0.1, 0.15) is 13.8 Å². The van der Waals surface area contributed by atoms with E-state index in [4.69, 9.17) is 0 Å². The van der Waals surface area contributed by atoms with Crippen LogP contribution in [0.5, 0.6) is 0 Å². The molecule has 0 atom stereocenters. The van der Waals surface area contributed by atoms with Gasteiger partial charge < -0.3 is 19.4 Å². The fourth-order valence-electron chi connectivity index (χ4n) is 0.625. The lowest BCUT2D eigenvalue weighted by Gasteiger charge is -2.08. The maximum absolute atomic E-state index is 10.5. The largest absolute Gasteiger partial charge is 0.375 e. The van der Waals surface area contributed by atoms with E-state index in [1.165, 1.54) is 16.9 Å². The van der Waals surface area contributed by atoms with E-state index in [1.54, 1.807) is 33.1 Å². The van der Waals surface area contributed by atoms with Gasteiger partial charge in [-0.1, -0.05) is 0 Å². The first-order valence-corrected chi connectivity index (χ1v) is 6.30. The minimum Gasteiger partial charge on any atom is -0.375 e. The Balaban J connectivity index is -0.000000223. The van der Waals surface area contributed by atoms with Crippen LogP contribution >= 0.6 is 0 Å². The fourth-order valence-corrected chi connectivity index (χ4v) is 0.625. The molecule has 0 N–H and O–H groups in total. The number of hydrogen-bond donors (Lipinski definition) is 0. The van der Waals surface area contributed by atoms with Crippen LogP contribution in [0.4, 0.5) is 0 Å². The van der Waals surface area contributed by atoms with Gasteiger partial charge in [-0.05, 0) is 13.8 Å². The van der Waals surface area contributed by atoms with Gasteiger partial charge in [0.2, 0.25) is 18.7 Å². The van der Waals surface area contributed by atoms with Gasteiger partial charge in [-0.25, -0.2) is 0 Å². The van der Waals surface area contributed by atoms with Crippen molar-refractivity contribution in [2.75, 3.05) is 55.0 Å². The summed E-state index contributed by atoms with van der Waals surface area (Å²) in [5.74, 6) is -0.00694. The van der Waals surface area contributed by atoms with Gasteiger partial charge in [0.25, 0.3) is 0 Å². The number of rotatable bonds is 6. The molecule has 0 aliphatic rings. The molecule has 0 saturated carbocycles. The van der Waals surface area contributed by atoms with Crippen molar-refractivity contribution in [1.82, 2.24) is 14.7 Å². The molecule has 7 nitrogen and oxygen atoms in total. The summed E-state index contributed by atoms with van der Waals surface area (Å²) < 4.78 is 4.57. The summed E-state index contributed by atoms with van der Waals surface area (Å²) in [4.78, 5) is 34.5. The lowest BCUT2D eigenvalue weighted by atomic mass is 10.6. The van der Waals surface area contributed by atoms with Gasteiger partial charge in [0.15, 0.2) is 0 Å². The molecule has 120 valence electrons. The van der Waals surface area contributed by atoms with E-state index in [1.807, 2.05) is 13.8 Å². The third-order valence-corrected chi connectivity index (χ3v) is 1.94. The zero-order valence-electron chi connectivity index (χ0n) is 13.8. The second kappa shape index (κ2) is 17.4. The zero-order valence-corrected chi connectivity index (χ0v) is 13.8. The molecule has 0 unspecified atom stereocenters. The van der Waals surface area contributed by atoms with Crippen molar-refractivity contribution in [3.05, 3.63) is 0 Å². The smallest absolute Gasteiger partial charge is 0.248 e. The maximum Gasteiger partial charge on any atom is 0.248 e. The quantitative estimate of drug-likeness (QED) is 0.641. The van der Waals surface area contributed by atoms with Gasteiger partial charge in [0.05, 0.1) is 0 Å². The van der Waals surface area contributed by atoms with Crippen molar-refractivity contribution in [3.8, 4) is 0 Å². The van der Waals surface area contributed by atoms with Gasteiger partial charge in [-0.2, -0.15) is 0 Å². The number of methoxy groups -OCH3 is 1. The highest BCUT2D eigenvalue weighted by Gasteiger charge is 1.99. The number of hydrogen-bond acceptors (Lipinski definition) is 4. The normalized spacial score (nSPS) is 8.15. The first-order valence-electron chi connectivity index (χ1n) is 6.30. The summed E-state index contributed by atoms with van der Waals surface area (Å²) in [7, 11) is 8.27. The van der Waals surface area contributed by atoms with Crippen molar-refractivity contribution in [2.45, 2.75) is 13.8 Å². The molecule has 0 aromatic carbocycles. The van der Waals surface area contributed by atoms with Crippen LogP contribution in [0.15, 0.2) is 0 Å². The Labute approximate surface area is 122 Å². The molecule has 0 saturated heterocycles. The topological polar surface area (TPSA) is 70.2 Å². The summed E-state index contributed by atoms with van der Waals surface area (Å²) in [6, 6.07) is 0. The summed E-state index contributed by atoms with van der Waals surface area (Å²) in [6.45, 7) is 5.72. The van der Waals surface area contributed by atoms with Gasteiger partial charge in [-0.15, -0.1) is 0 Å². The first kappa shape index (κ1) is 23.5. The average Bonchev–Trinajstić information content (AvgIpc) is 2.42. The molecule has 20 heavy (non-hydrogen) atoms. The number of likely N-dealkylation sites (N-methyl/N-ethyl adjacent to an activating group) is 1. The highest BCUT2D eigenvalue weighted by molar-refractivity contribution is 5.76. The van der Waals surface area contributed by atoms with Crippen LogP contribution in [0.3, 0.4) is 0 Å². The third-order valence-electron chi connectivity index (χ3n) is 1.94. The molecule has 3 amide bonds. The maximum atomic E-state index is 10.5.